The minimum Gasteiger partial charge on any atom is -0.217 e. The molecule has 0 saturated carbocycles. The minimum absolute atomic E-state index is 0.937. The first-order valence-electron chi connectivity index (χ1n) is 4.81. The average molecular weight is 294 g/mol. The van der Waals surface area contributed by atoms with Crippen LogP contribution < -0.4 is 0 Å². The lowest BCUT2D eigenvalue weighted by Gasteiger charge is -1.95. The van der Waals surface area contributed by atoms with Crippen LogP contribution in [0, 0.1) is 6.92 Å². The molecule has 3 aromatic rings. The molecule has 0 amide bonds. The van der Waals surface area contributed by atoms with E-state index in [4.69, 9.17) is 0 Å². The lowest BCUT2D eigenvalue weighted by Crippen LogP contribution is -1.80. The van der Waals surface area contributed by atoms with Gasteiger partial charge in [-0.25, -0.2) is 9.50 Å². The van der Waals surface area contributed by atoms with Crippen LogP contribution in [0.4, 0.5) is 0 Å². The van der Waals surface area contributed by atoms with Crippen molar-refractivity contribution in [2.24, 2.45) is 0 Å². The van der Waals surface area contributed by atoms with Gasteiger partial charge in [-0.05, 0) is 19.1 Å². The Bertz CT molecular complexity index is 625. The quantitative estimate of drug-likeness (QED) is 0.687. The molecule has 0 aliphatic rings. The summed E-state index contributed by atoms with van der Waals surface area (Å²) in [5.74, 6) is 0. The molecule has 1 aromatic carbocycles. The Hall–Kier alpha value is -1.20. The van der Waals surface area contributed by atoms with Crippen LogP contribution in [0.5, 0.6) is 0 Å². The van der Waals surface area contributed by atoms with Crippen LogP contribution in [0.2, 0.25) is 0 Å². The number of benzene rings is 1. The van der Waals surface area contributed by atoms with Crippen molar-refractivity contribution in [3.63, 3.8) is 0 Å². The monoisotopic (exact) mass is 293 g/mol. The Kier molecular flexibility index (Phi) is 2.29. The summed E-state index contributed by atoms with van der Waals surface area (Å²) in [4.78, 5) is 5.48. The normalized spacial score (nSPS) is 11.1. The number of rotatable bonds is 1. The number of fused-ring (bicyclic) bond motifs is 1. The summed E-state index contributed by atoms with van der Waals surface area (Å²) >= 11 is 5.06. The number of hydrogen-bond donors (Lipinski definition) is 0. The van der Waals surface area contributed by atoms with E-state index in [1.807, 2.05) is 35.8 Å². The standard InChI is InChI=1S/C11H8BrN3S/c1-7-14-15-6-10(13-11(15)16-7)8-3-2-4-9(12)5-8/h2-6H,1H3. The molecule has 0 radical (unpaired) electrons. The Labute approximate surface area is 105 Å². The Morgan fingerprint density at radius 2 is 2.25 bits per heavy atom. The van der Waals surface area contributed by atoms with E-state index in [1.165, 1.54) is 0 Å². The van der Waals surface area contributed by atoms with Crippen LogP contribution in [0.25, 0.3) is 16.2 Å². The van der Waals surface area contributed by atoms with Crippen molar-refractivity contribution in [1.82, 2.24) is 14.6 Å². The lowest BCUT2D eigenvalue weighted by atomic mass is 10.2. The Balaban J connectivity index is 2.15. The Morgan fingerprint density at radius 3 is 3.00 bits per heavy atom. The highest BCUT2D eigenvalue weighted by Gasteiger charge is 2.07. The molecule has 0 unspecified atom stereocenters. The van der Waals surface area contributed by atoms with Crippen LogP contribution in [-0.2, 0) is 0 Å². The second-order valence-electron chi connectivity index (χ2n) is 3.48. The van der Waals surface area contributed by atoms with Crippen LogP contribution in [-0.4, -0.2) is 14.6 Å². The highest BCUT2D eigenvalue weighted by Crippen LogP contribution is 2.24. The molecule has 2 aromatic heterocycles. The van der Waals surface area contributed by atoms with Gasteiger partial charge in [-0.2, -0.15) is 5.10 Å². The number of hydrogen-bond acceptors (Lipinski definition) is 3. The highest BCUT2D eigenvalue weighted by atomic mass is 79.9. The predicted octanol–water partition coefficient (Wildman–Crippen LogP) is 3.53. The van der Waals surface area contributed by atoms with Gasteiger partial charge >= 0.3 is 0 Å². The molecule has 0 spiro atoms. The summed E-state index contributed by atoms with van der Waals surface area (Å²) in [6, 6.07) is 8.11. The van der Waals surface area contributed by atoms with Crippen molar-refractivity contribution >= 4 is 32.2 Å². The minimum atomic E-state index is 0.937. The fraction of sp³-hybridized carbons (Fsp3) is 0.0909. The van der Waals surface area contributed by atoms with Gasteiger partial charge in [0, 0.05) is 10.0 Å². The maximum Gasteiger partial charge on any atom is 0.212 e. The zero-order valence-electron chi connectivity index (χ0n) is 8.51. The molecule has 3 rings (SSSR count). The lowest BCUT2D eigenvalue weighted by molar-refractivity contribution is 0.946. The first kappa shape index (κ1) is 9.99. The molecule has 0 N–H and O–H groups in total. The molecular weight excluding hydrogens is 286 g/mol. The number of aryl methyl sites for hydroxylation is 1. The van der Waals surface area contributed by atoms with Gasteiger partial charge in [-0.15, -0.1) is 0 Å². The van der Waals surface area contributed by atoms with Crippen molar-refractivity contribution in [1.29, 1.82) is 0 Å². The van der Waals surface area contributed by atoms with E-state index in [1.54, 1.807) is 11.3 Å². The second-order valence-corrected chi connectivity index (χ2v) is 5.56. The first-order valence-corrected chi connectivity index (χ1v) is 6.42. The van der Waals surface area contributed by atoms with Crippen LogP contribution in [0.1, 0.15) is 5.01 Å². The maximum atomic E-state index is 4.54. The van der Waals surface area contributed by atoms with Crippen molar-refractivity contribution in [3.05, 3.63) is 39.9 Å². The van der Waals surface area contributed by atoms with Gasteiger partial charge in [0.15, 0.2) is 0 Å². The highest BCUT2D eigenvalue weighted by molar-refractivity contribution is 9.10. The van der Waals surface area contributed by atoms with Crippen molar-refractivity contribution < 1.29 is 0 Å². The number of nitrogens with zero attached hydrogens (tertiary/aromatic N) is 3. The fourth-order valence-corrected chi connectivity index (χ4v) is 2.71. The van der Waals surface area contributed by atoms with Gasteiger partial charge in [0.1, 0.15) is 5.01 Å². The summed E-state index contributed by atoms with van der Waals surface area (Å²) in [7, 11) is 0. The van der Waals surface area contributed by atoms with Crippen LogP contribution in [0.15, 0.2) is 34.9 Å². The van der Waals surface area contributed by atoms with E-state index >= 15 is 0 Å². The second kappa shape index (κ2) is 3.68. The first-order chi connectivity index (χ1) is 7.72. The number of halogens is 1. The smallest absolute Gasteiger partial charge is 0.212 e. The number of imidazole rings is 1. The van der Waals surface area contributed by atoms with Gasteiger partial charge in [0.25, 0.3) is 0 Å². The van der Waals surface area contributed by atoms with E-state index in [0.29, 0.717) is 0 Å². The maximum absolute atomic E-state index is 4.54. The molecule has 2 heterocycles. The van der Waals surface area contributed by atoms with Crippen molar-refractivity contribution in [2.75, 3.05) is 0 Å². The third kappa shape index (κ3) is 1.66. The molecule has 3 nitrogen and oxygen atoms in total. The van der Waals surface area contributed by atoms with Crippen molar-refractivity contribution in [3.8, 4) is 11.3 Å². The van der Waals surface area contributed by atoms with Gasteiger partial charge in [-0.1, -0.05) is 39.4 Å². The molecule has 80 valence electrons. The predicted molar refractivity (Wildman–Crippen MR) is 68.7 cm³/mol. The molecule has 0 saturated heterocycles. The molecular formula is C11H8BrN3S. The molecule has 16 heavy (non-hydrogen) atoms. The van der Waals surface area contributed by atoms with E-state index in [9.17, 15) is 0 Å². The summed E-state index contributed by atoms with van der Waals surface area (Å²) in [5.41, 5.74) is 2.06. The van der Waals surface area contributed by atoms with Crippen LogP contribution >= 0.6 is 27.3 Å². The van der Waals surface area contributed by atoms with Gasteiger partial charge in [-0.3, -0.25) is 0 Å². The van der Waals surface area contributed by atoms with Gasteiger partial charge < -0.3 is 0 Å². The van der Waals surface area contributed by atoms with E-state index in [0.717, 1.165) is 25.7 Å². The summed E-state index contributed by atoms with van der Waals surface area (Å²) < 4.78 is 2.89. The Morgan fingerprint density at radius 1 is 1.38 bits per heavy atom. The van der Waals surface area contributed by atoms with Crippen molar-refractivity contribution in [2.45, 2.75) is 6.92 Å². The summed E-state index contributed by atoms with van der Waals surface area (Å²) in [6.07, 6.45) is 1.96. The molecule has 0 aliphatic heterocycles. The van der Waals surface area contributed by atoms with E-state index in [-0.39, 0.29) is 0 Å². The van der Waals surface area contributed by atoms with Gasteiger partial charge in [0.05, 0.1) is 11.9 Å². The van der Waals surface area contributed by atoms with Gasteiger partial charge in [0.2, 0.25) is 4.96 Å². The third-order valence-corrected chi connectivity index (χ3v) is 3.60. The largest absolute Gasteiger partial charge is 0.217 e. The van der Waals surface area contributed by atoms with E-state index in [2.05, 4.69) is 32.1 Å². The zero-order valence-corrected chi connectivity index (χ0v) is 10.9. The van der Waals surface area contributed by atoms with E-state index < -0.39 is 0 Å². The molecule has 0 atom stereocenters. The molecule has 0 bridgehead atoms. The SMILES string of the molecule is Cc1nn2cc(-c3cccc(Br)c3)nc2s1. The zero-order chi connectivity index (χ0) is 11.1. The third-order valence-electron chi connectivity index (χ3n) is 2.26. The molecule has 0 fully saturated rings. The molecule has 0 aliphatic carbocycles. The fourth-order valence-electron chi connectivity index (χ4n) is 1.59. The summed E-state index contributed by atoms with van der Waals surface area (Å²) in [6.45, 7) is 1.98. The number of aromatic nitrogens is 3. The van der Waals surface area contributed by atoms with Crippen LogP contribution in [0.3, 0.4) is 0 Å². The topological polar surface area (TPSA) is 30.2 Å². The average Bonchev–Trinajstić information content (AvgIpc) is 2.74. The summed E-state index contributed by atoms with van der Waals surface area (Å²) in [5, 5.41) is 5.37. The molecule has 5 heteroatoms.